The van der Waals surface area contributed by atoms with Crippen molar-refractivity contribution in [1.82, 2.24) is 0 Å². The van der Waals surface area contributed by atoms with E-state index >= 15 is 0 Å². The lowest BCUT2D eigenvalue weighted by atomic mass is 10.1. The van der Waals surface area contributed by atoms with E-state index in [1.54, 1.807) is 13.0 Å². The van der Waals surface area contributed by atoms with Gasteiger partial charge < -0.3 is 4.90 Å². The molecule has 0 radical (unpaired) electrons. The summed E-state index contributed by atoms with van der Waals surface area (Å²) in [5.41, 5.74) is 1.67. The molecule has 0 N–H and O–H groups in total. The van der Waals surface area contributed by atoms with Crippen molar-refractivity contribution in [3.05, 3.63) is 28.8 Å². The van der Waals surface area contributed by atoms with Crippen molar-refractivity contribution in [2.75, 3.05) is 18.0 Å². The highest BCUT2D eigenvalue weighted by molar-refractivity contribution is 6.33. The lowest BCUT2D eigenvalue weighted by molar-refractivity contribution is 0.101. The lowest BCUT2D eigenvalue weighted by Gasteiger charge is -2.26. The van der Waals surface area contributed by atoms with Gasteiger partial charge in [0.05, 0.1) is 10.7 Å². The van der Waals surface area contributed by atoms with Gasteiger partial charge in [-0.1, -0.05) is 25.4 Å². The maximum Gasteiger partial charge on any atom is 0.159 e. The Bertz CT molecular complexity index is 401. The van der Waals surface area contributed by atoms with Crippen LogP contribution in [-0.4, -0.2) is 18.9 Å². The fraction of sp³-hybridized carbons (Fsp3) is 0.500. The molecule has 0 atom stereocenters. The minimum atomic E-state index is 0.0466. The van der Waals surface area contributed by atoms with Gasteiger partial charge in [-0.25, -0.2) is 0 Å². The van der Waals surface area contributed by atoms with Gasteiger partial charge >= 0.3 is 0 Å². The van der Waals surface area contributed by atoms with Crippen molar-refractivity contribution in [2.45, 2.75) is 27.7 Å². The van der Waals surface area contributed by atoms with Crippen LogP contribution in [-0.2, 0) is 0 Å². The van der Waals surface area contributed by atoms with Gasteiger partial charge in [0.2, 0.25) is 0 Å². The topological polar surface area (TPSA) is 20.3 Å². The van der Waals surface area contributed by atoms with Crippen LogP contribution < -0.4 is 4.90 Å². The third-order valence-corrected chi connectivity index (χ3v) is 2.96. The smallest absolute Gasteiger partial charge is 0.159 e. The molecule has 1 aromatic carbocycles. The summed E-state index contributed by atoms with van der Waals surface area (Å²) in [5.74, 6) is 0.629. The first-order valence-electron chi connectivity index (χ1n) is 6.01. The zero-order valence-corrected chi connectivity index (χ0v) is 11.7. The summed E-state index contributed by atoms with van der Waals surface area (Å²) in [7, 11) is 0. The normalized spacial score (nSPS) is 10.7. The molecule has 0 amide bonds. The van der Waals surface area contributed by atoms with Gasteiger partial charge in [-0.05, 0) is 38.0 Å². The number of hydrogen-bond donors (Lipinski definition) is 0. The fourth-order valence-corrected chi connectivity index (χ4v) is 2.12. The standard InChI is InChI=1S/C14H20ClNO/c1-5-16(9-10(2)3)14-7-6-12(11(4)17)8-13(14)15/h6-8,10H,5,9H2,1-4H3. The predicted octanol–water partition coefficient (Wildman–Crippen LogP) is 4.02. The summed E-state index contributed by atoms with van der Waals surface area (Å²) >= 11 is 6.24. The zero-order valence-electron chi connectivity index (χ0n) is 11.0. The van der Waals surface area contributed by atoms with Crippen molar-refractivity contribution >= 4 is 23.1 Å². The monoisotopic (exact) mass is 253 g/mol. The highest BCUT2D eigenvalue weighted by atomic mass is 35.5. The van der Waals surface area contributed by atoms with E-state index in [0.29, 0.717) is 16.5 Å². The molecule has 0 fully saturated rings. The fourth-order valence-electron chi connectivity index (χ4n) is 1.82. The van der Waals surface area contributed by atoms with Crippen molar-refractivity contribution < 1.29 is 4.79 Å². The number of carbonyl (C=O) groups is 1. The maximum absolute atomic E-state index is 11.3. The molecule has 0 unspecified atom stereocenters. The van der Waals surface area contributed by atoms with Crippen molar-refractivity contribution in [3.8, 4) is 0 Å². The molecule has 3 heteroatoms. The van der Waals surface area contributed by atoms with Crippen LogP contribution >= 0.6 is 11.6 Å². The Hall–Kier alpha value is -1.02. The van der Waals surface area contributed by atoms with Crippen LogP contribution in [0.15, 0.2) is 18.2 Å². The number of nitrogens with zero attached hydrogens (tertiary/aromatic N) is 1. The van der Waals surface area contributed by atoms with Crippen molar-refractivity contribution in [1.29, 1.82) is 0 Å². The summed E-state index contributed by atoms with van der Waals surface area (Å²) in [4.78, 5) is 13.5. The average molecular weight is 254 g/mol. The Balaban J connectivity index is 3.00. The molecule has 0 bridgehead atoms. The minimum Gasteiger partial charge on any atom is -0.370 e. The van der Waals surface area contributed by atoms with Crippen LogP contribution in [0.5, 0.6) is 0 Å². The SMILES string of the molecule is CCN(CC(C)C)c1ccc(C(C)=O)cc1Cl. The van der Waals surface area contributed by atoms with E-state index in [0.717, 1.165) is 18.8 Å². The first kappa shape index (κ1) is 14.0. The molecular formula is C14H20ClNO. The van der Waals surface area contributed by atoms with Crippen LogP contribution in [0.4, 0.5) is 5.69 Å². The van der Waals surface area contributed by atoms with E-state index in [1.165, 1.54) is 0 Å². The maximum atomic E-state index is 11.3. The molecule has 0 aliphatic heterocycles. The Morgan fingerprint density at radius 2 is 2.06 bits per heavy atom. The van der Waals surface area contributed by atoms with E-state index in [2.05, 4.69) is 25.7 Å². The molecule has 17 heavy (non-hydrogen) atoms. The second-order valence-corrected chi connectivity index (χ2v) is 5.06. The third-order valence-electron chi connectivity index (χ3n) is 2.66. The number of carbonyl (C=O) groups excluding carboxylic acids is 1. The Labute approximate surface area is 109 Å². The molecule has 0 aromatic heterocycles. The first-order valence-corrected chi connectivity index (χ1v) is 6.39. The zero-order chi connectivity index (χ0) is 13.0. The van der Waals surface area contributed by atoms with E-state index in [1.807, 2.05) is 12.1 Å². The molecule has 0 saturated heterocycles. The van der Waals surface area contributed by atoms with Crippen molar-refractivity contribution in [3.63, 3.8) is 0 Å². The first-order chi connectivity index (χ1) is 7.95. The molecule has 0 aliphatic rings. The van der Waals surface area contributed by atoms with Gasteiger partial charge in [0, 0.05) is 18.7 Å². The Morgan fingerprint density at radius 3 is 2.47 bits per heavy atom. The number of rotatable bonds is 5. The second kappa shape index (κ2) is 6.06. The minimum absolute atomic E-state index is 0.0466. The molecule has 0 aliphatic carbocycles. The molecular weight excluding hydrogens is 234 g/mol. The third kappa shape index (κ3) is 3.74. The highest BCUT2D eigenvalue weighted by Crippen LogP contribution is 2.27. The van der Waals surface area contributed by atoms with Gasteiger partial charge in [-0.3, -0.25) is 4.79 Å². The van der Waals surface area contributed by atoms with Crippen LogP contribution in [0.3, 0.4) is 0 Å². The van der Waals surface area contributed by atoms with E-state index in [-0.39, 0.29) is 5.78 Å². The van der Waals surface area contributed by atoms with Crippen molar-refractivity contribution in [2.24, 2.45) is 5.92 Å². The van der Waals surface area contributed by atoms with Crippen LogP contribution in [0.2, 0.25) is 5.02 Å². The highest BCUT2D eigenvalue weighted by Gasteiger charge is 2.11. The summed E-state index contributed by atoms with van der Waals surface area (Å²) in [6.07, 6.45) is 0. The number of halogens is 1. The van der Waals surface area contributed by atoms with Gasteiger partial charge in [-0.2, -0.15) is 0 Å². The summed E-state index contributed by atoms with van der Waals surface area (Å²) in [6, 6.07) is 5.53. The van der Waals surface area contributed by atoms with Crippen LogP contribution in [0.25, 0.3) is 0 Å². The van der Waals surface area contributed by atoms with Gasteiger partial charge in [0.25, 0.3) is 0 Å². The van der Waals surface area contributed by atoms with E-state index < -0.39 is 0 Å². The summed E-state index contributed by atoms with van der Waals surface area (Å²) < 4.78 is 0. The quantitative estimate of drug-likeness (QED) is 0.739. The Kier molecular flexibility index (Phi) is 5.01. The lowest BCUT2D eigenvalue weighted by Crippen LogP contribution is -2.27. The molecule has 94 valence electrons. The molecule has 1 rings (SSSR count). The molecule has 1 aromatic rings. The summed E-state index contributed by atoms with van der Waals surface area (Å²) in [5, 5.41) is 0.653. The van der Waals surface area contributed by atoms with Gasteiger partial charge in [0.1, 0.15) is 0 Å². The Morgan fingerprint density at radius 1 is 1.41 bits per heavy atom. The number of Topliss-reactive ketones (excluding diaryl/α,β-unsaturated/α-hetero) is 1. The van der Waals surface area contributed by atoms with E-state index in [4.69, 9.17) is 11.6 Å². The molecule has 0 spiro atoms. The van der Waals surface area contributed by atoms with Gasteiger partial charge in [0.15, 0.2) is 5.78 Å². The van der Waals surface area contributed by atoms with Crippen LogP contribution in [0.1, 0.15) is 38.1 Å². The van der Waals surface area contributed by atoms with Crippen LogP contribution in [0, 0.1) is 5.92 Å². The number of anilines is 1. The number of hydrogen-bond acceptors (Lipinski definition) is 2. The largest absolute Gasteiger partial charge is 0.370 e. The molecule has 0 saturated carbocycles. The van der Waals surface area contributed by atoms with E-state index in [9.17, 15) is 4.79 Å². The second-order valence-electron chi connectivity index (χ2n) is 4.65. The average Bonchev–Trinajstić information content (AvgIpc) is 2.25. The molecule has 2 nitrogen and oxygen atoms in total. The number of ketones is 1. The van der Waals surface area contributed by atoms with Gasteiger partial charge in [-0.15, -0.1) is 0 Å². The summed E-state index contributed by atoms with van der Waals surface area (Å²) in [6.45, 7) is 9.91. The predicted molar refractivity (Wildman–Crippen MR) is 74.2 cm³/mol. The molecule has 0 heterocycles. The number of benzene rings is 1.